The summed E-state index contributed by atoms with van der Waals surface area (Å²) in [6.45, 7) is 8.40. The quantitative estimate of drug-likeness (QED) is 0.719. The van der Waals surface area contributed by atoms with E-state index < -0.39 is 6.03 Å². The van der Waals surface area contributed by atoms with E-state index in [0.717, 1.165) is 61.0 Å². The Labute approximate surface area is 176 Å². The zero-order chi connectivity index (χ0) is 20.8. The minimum atomic E-state index is -0.548. The number of thiophene rings is 1. The Bertz CT molecular complexity index is 830. The zero-order valence-corrected chi connectivity index (χ0v) is 18.0. The van der Waals surface area contributed by atoms with E-state index in [9.17, 15) is 9.59 Å². The first kappa shape index (κ1) is 21.3. The van der Waals surface area contributed by atoms with E-state index in [0.29, 0.717) is 5.91 Å². The number of rotatable bonds is 7. The molecule has 1 aromatic carbocycles. The molecule has 1 aromatic heterocycles. The fourth-order valence-electron chi connectivity index (χ4n) is 3.91. The Hall–Kier alpha value is -2.38. The highest BCUT2D eigenvalue weighted by molar-refractivity contribution is 7.19. The molecule has 1 unspecified atom stereocenters. The summed E-state index contributed by atoms with van der Waals surface area (Å²) in [6, 6.07) is 11.8. The Morgan fingerprint density at radius 1 is 1.17 bits per heavy atom. The predicted octanol–water partition coefficient (Wildman–Crippen LogP) is 3.99. The lowest BCUT2D eigenvalue weighted by Gasteiger charge is -2.34. The van der Waals surface area contributed by atoms with Crippen LogP contribution in [0.25, 0.3) is 10.4 Å². The average molecular weight is 415 g/mol. The second-order valence-electron chi connectivity index (χ2n) is 7.43. The number of hydrogen-bond donors (Lipinski definition) is 2. The molecule has 0 saturated carbocycles. The number of carbonyl (C=O) groups excluding carboxylic acids is 2. The first-order valence-electron chi connectivity index (χ1n) is 10.3. The lowest BCUT2D eigenvalue weighted by atomic mass is 9.96. The molecule has 3 amide bonds. The third-order valence-corrected chi connectivity index (χ3v) is 6.48. The maximum Gasteiger partial charge on any atom is 0.317 e. The van der Waals surface area contributed by atoms with Gasteiger partial charge in [0.15, 0.2) is 0 Å². The Morgan fingerprint density at radius 3 is 2.55 bits per heavy atom. The van der Waals surface area contributed by atoms with Crippen LogP contribution >= 0.6 is 11.3 Å². The molecule has 0 bridgehead atoms. The summed E-state index contributed by atoms with van der Waals surface area (Å²) in [4.78, 5) is 29.1. The van der Waals surface area contributed by atoms with Gasteiger partial charge < -0.3 is 10.6 Å². The Morgan fingerprint density at radius 2 is 1.90 bits per heavy atom. The number of nitrogens with zero attached hydrogens (tertiary/aromatic N) is 2. The molecule has 1 aliphatic heterocycles. The van der Waals surface area contributed by atoms with Crippen LogP contribution in [-0.4, -0.2) is 47.9 Å². The van der Waals surface area contributed by atoms with Crippen LogP contribution in [0.3, 0.4) is 0 Å². The van der Waals surface area contributed by atoms with Gasteiger partial charge in [0.25, 0.3) is 0 Å². The molecule has 1 aliphatic rings. The summed E-state index contributed by atoms with van der Waals surface area (Å²) in [7, 11) is 0. The third-order valence-electron chi connectivity index (χ3n) is 5.43. The first-order chi connectivity index (χ1) is 14.0. The van der Waals surface area contributed by atoms with Gasteiger partial charge in [-0.2, -0.15) is 0 Å². The minimum absolute atomic E-state index is 0.116. The lowest BCUT2D eigenvalue weighted by Crippen LogP contribution is -2.44. The number of likely N-dealkylation sites (tertiary alicyclic amines) is 1. The van der Waals surface area contributed by atoms with Gasteiger partial charge in [-0.05, 0) is 56.5 Å². The number of primary amides is 1. The van der Waals surface area contributed by atoms with E-state index in [1.165, 1.54) is 16.9 Å². The largest absolute Gasteiger partial charge is 0.351 e. The molecule has 156 valence electrons. The van der Waals surface area contributed by atoms with Gasteiger partial charge in [0.2, 0.25) is 5.91 Å². The molecule has 6 nitrogen and oxygen atoms in total. The number of amides is 3. The molecule has 0 spiro atoms. The average Bonchev–Trinajstić information content (AvgIpc) is 3.17. The number of nitrogens with one attached hydrogen (secondary N) is 1. The van der Waals surface area contributed by atoms with Crippen LogP contribution in [0.15, 0.2) is 36.4 Å². The fourth-order valence-corrected chi connectivity index (χ4v) is 4.82. The van der Waals surface area contributed by atoms with Gasteiger partial charge in [0.1, 0.15) is 0 Å². The molecular formula is C22H30N4O2S. The van der Waals surface area contributed by atoms with Crippen LogP contribution < -0.4 is 11.1 Å². The topological polar surface area (TPSA) is 78.7 Å². The highest BCUT2D eigenvalue weighted by Crippen LogP contribution is 2.31. The van der Waals surface area contributed by atoms with Crippen LogP contribution in [0, 0.1) is 5.92 Å². The summed E-state index contributed by atoms with van der Waals surface area (Å²) in [5.74, 6) is 0.415. The van der Waals surface area contributed by atoms with E-state index in [1.807, 2.05) is 30.9 Å². The van der Waals surface area contributed by atoms with Crippen molar-refractivity contribution in [1.29, 1.82) is 0 Å². The number of hydrogen-bond acceptors (Lipinski definition) is 4. The Kier molecular flexibility index (Phi) is 7.28. The van der Waals surface area contributed by atoms with E-state index in [4.69, 9.17) is 5.73 Å². The number of nitrogens with two attached hydrogens (primary N) is 1. The predicted molar refractivity (Wildman–Crippen MR) is 119 cm³/mol. The Balaban J connectivity index is 1.60. The molecule has 1 fully saturated rings. The first-order valence-corrected chi connectivity index (χ1v) is 11.1. The van der Waals surface area contributed by atoms with Crippen LogP contribution in [-0.2, 0) is 11.3 Å². The van der Waals surface area contributed by atoms with Crippen molar-refractivity contribution in [3.63, 3.8) is 0 Å². The normalized spacial score (nSPS) is 17.1. The number of benzene rings is 1. The van der Waals surface area contributed by atoms with Crippen LogP contribution in [0.5, 0.6) is 0 Å². The fraction of sp³-hybridized carbons (Fsp3) is 0.455. The van der Waals surface area contributed by atoms with Crippen molar-refractivity contribution in [1.82, 2.24) is 9.80 Å². The highest BCUT2D eigenvalue weighted by atomic mass is 32.1. The number of carbonyl (C=O) groups is 2. The van der Waals surface area contributed by atoms with Crippen molar-refractivity contribution in [2.75, 3.05) is 31.5 Å². The summed E-state index contributed by atoms with van der Waals surface area (Å²) < 4.78 is 0. The van der Waals surface area contributed by atoms with E-state index in [2.05, 4.69) is 34.5 Å². The van der Waals surface area contributed by atoms with E-state index in [-0.39, 0.29) is 5.92 Å². The molecule has 3 N–H and O–H groups in total. The summed E-state index contributed by atoms with van der Waals surface area (Å²) in [5.41, 5.74) is 7.53. The SMILES string of the molecule is CCN(CC)C(=O)C1CCCN(Cc2ccc(-c3ccc(NC(N)=O)s3)cc2)C1. The number of urea groups is 1. The van der Waals surface area contributed by atoms with E-state index >= 15 is 0 Å². The molecule has 0 radical (unpaired) electrons. The maximum absolute atomic E-state index is 12.7. The van der Waals surface area contributed by atoms with Crippen molar-refractivity contribution in [2.45, 2.75) is 33.2 Å². The number of piperidine rings is 1. The summed E-state index contributed by atoms with van der Waals surface area (Å²) >= 11 is 1.50. The molecule has 2 heterocycles. The van der Waals surface area contributed by atoms with Crippen LogP contribution in [0.4, 0.5) is 9.80 Å². The van der Waals surface area contributed by atoms with Gasteiger partial charge in [0.05, 0.1) is 10.9 Å². The van der Waals surface area contributed by atoms with Crippen LogP contribution in [0.2, 0.25) is 0 Å². The van der Waals surface area contributed by atoms with Gasteiger partial charge in [-0.1, -0.05) is 24.3 Å². The third kappa shape index (κ3) is 5.58. The second kappa shape index (κ2) is 9.89. The molecule has 2 aromatic rings. The molecule has 29 heavy (non-hydrogen) atoms. The molecule has 1 saturated heterocycles. The van der Waals surface area contributed by atoms with Crippen LogP contribution in [0.1, 0.15) is 32.3 Å². The summed E-state index contributed by atoms with van der Waals surface area (Å²) in [5, 5.41) is 3.35. The highest BCUT2D eigenvalue weighted by Gasteiger charge is 2.28. The standard InChI is InChI=1S/C22H30N4O2S/c1-3-26(4-2)21(27)18-6-5-13-25(15-18)14-16-7-9-17(10-8-16)19-11-12-20(29-19)24-22(23)28/h7-12,18H,3-6,13-15H2,1-2H3,(H3,23,24,28). The molecule has 3 rings (SSSR count). The summed E-state index contributed by atoms with van der Waals surface area (Å²) in [6.07, 6.45) is 2.06. The minimum Gasteiger partial charge on any atom is -0.351 e. The number of anilines is 1. The van der Waals surface area contributed by atoms with Gasteiger partial charge >= 0.3 is 6.03 Å². The van der Waals surface area contributed by atoms with Crippen molar-refractivity contribution >= 4 is 28.3 Å². The van der Waals surface area contributed by atoms with Crippen molar-refractivity contribution in [3.8, 4) is 10.4 Å². The van der Waals surface area contributed by atoms with Gasteiger partial charge in [-0.25, -0.2) is 4.79 Å². The van der Waals surface area contributed by atoms with E-state index in [1.54, 1.807) is 0 Å². The molecule has 1 atom stereocenters. The van der Waals surface area contributed by atoms with Gasteiger partial charge in [-0.3, -0.25) is 15.0 Å². The monoisotopic (exact) mass is 414 g/mol. The van der Waals surface area contributed by atoms with Gasteiger partial charge in [-0.15, -0.1) is 11.3 Å². The maximum atomic E-state index is 12.7. The van der Waals surface area contributed by atoms with Crippen molar-refractivity contribution in [2.24, 2.45) is 11.7 Å². The molecule has 0 aliphatic carbocycles. The molecule has 7 heteroatoms. The molecular weight excluding hydrogens is 384 g/mol. The zero-order valence-electron chi connectivity index (χ0n) is 17.2. The second-order valence-corrected chi connectivity index (χ2v) is 8.52. The smallest absolute Gasteiger partial charge is 0.317 e. The lowest BCUT2D eigenvalue weighted by molar-refractivity contribution is -0.137. The van der Waals surface area contributed by atoms with Crippen molar-refractivity contribution in [3.05, 3.63) is 42.0 Å². The van der Waals surface area contributed by atoms with Crippen molar-refractivity contribution < 1.29 is 9.59 Å². The van der Waals surface area contributed by atoms with Gasteiger partial charge in [0, 0.05) is 31.1 Å².